The third-order valence-corrected chi connectivity index (χ3v) is 9.91. The molecule has 0 fully saturated rings. The van der Waals surface area contributed by atoms with Gasteiger partial charge in [0.05, 0.1) is 55.4 Å². The fourth-order valence-electron chi connectivity index (χ4n) is 7.35. The van der Waals surface area contributed by atoms with Crippen molar-refractivity contribution in [1.29, 1.82) is 0 Å². The molecule has 48 heavy (non-hydrogen) atoms. The first-order valence-electron chi connectivity index (χ1n) is 17.6. The molecule has 0 aliphatic heterocycles. The predicted molar refractivity (Wildman–Crippen MR) is 210 cm³/mol. The molecule has 0 saturated heterocycles. The topological polar surface area (TPSA) is 0 Å². The highest BCUT2D eigenvalue weighted by Gasteiger charge is 2.17. The van der Waals surface area contributed by atoms with Crippen LogP contribution in [0.15, 0.2) is 121 Å². The molecule has 0 heterocycles. The van der Waals surface area contributed by atoms with Gasteiger partial charge in [-0.25, -0.2) is 0 Å². The van der Waals surface area contributed by atoms with E-state index in [1.807, 2.05) is 0 Å². The summed E-state index contributed by atoms with van der Waals surface area (Å²) in [4.78, 5) is 0. The van der Waals surface area contributed by atoms with Crippen LogP contribution in [0.1, 0.15) is 24.0 Å². The van der Waals surface area contributed by atoms with Crippen LogP contribution in [0.25, 0.3) is 65.3 Å². The van der Waals surface area contributed by atoms with Gasteiger partial charge in [-0.1, -0.05) is 78.9 Å². The summed E-state index contributed by atoms with van der Waals surface area (Å²) in [5.74, 6) is 0. The van der Waals surface area contributed by atoms with Gasteiger partial charge >= 0.3 is 0 Å². The van der Waals surface area contributed by atoms with Gasteiger partial charge in [0.25, 0.3) is 0 Å². The molecular weight excluding hydrogens is 581 g/mol. The quantitative estimate of drug-likeness (QED) is 0.104. The first kappa shape index (κ1) is 32.1. The maximum absolute atomic E-state index is 2.57. The molecule has 0 unspecified atom stereocenters. The van der Waals surface area contributed by atoms with Crippen LogP contribution in [0.3, 0.4) is 0 Å². The zero-order valence-electron chi connectivity index (χ0n) is 29.7. The van der Waals surface area contributed by atoms with Gasteiger partial charge < -0.3 is 8.97 Å². The highest BCUT2D eigenvalue weighted by Crippen LogP contribution is 2.38. The fourth-order valence-corrected chi connectivity index (χ4v) is 7.35. The monoisotopic (exact) mass is 630 g/mol. The molecule has 2 nitrogen and oxygen atoms in total. The Morgan fingerprint density at radius 2 is 0.708 bits per heavy atom. The number of fused-ring (bicyclic) bond motifs is 4. The average molecular weight is 631 g/mol. The molecule has 2 heteroatoms. The standard InChI is InChI=1S/C46H50N2/c1-47(2,3)23-11-17-39-29-40(18-12-24-48(4,5)6)46(42-22-20-38-26-34-14-8-10-16-36(34)28-44(38)31-42)32-45(39)41-21-19-37-25-33-13-7-9-15-35(33)27-43(37)30-41/h7-10,13-16,19-22,25-32H,11-12,17-18,23-24H2,1-6H3/q+2. The van der Waals surface area contributed by atoms with Crippen molar-refractivity contribution in [3.8, 4) is 22.3 Å². The number of aryl methyl sites for hydroxylation is 2. The Morgan fingerprint density at radius 1 is 0.354 bits per heavy atom. The molecule has 0 aromatic heterocycles. The zero-order chi connectivity index (χ0) is 33.5. The van der Waals surface area contributed by atoms with E-state index in [4.69, 9.17) is 0 Å². The molecule has 0 aliphatic carbocycles. The van der Waals surface area contributed by atoms with E-state index >= 15 is 0 Å². The molecule has 0 saturated carbocycles. The van der Waals surface area contributed by atoms with E-state index in [1.54, 1.807) is 0 Å². The van der Waals surface area contributed by atoms with E-state index in [2.05, 4.69) is 164 Å². The van der Waals surface area contributed by atoms with Crippen molar-refractivity contribution in [2.75, 3.05) is 55.4 Å². The number of rotatable bonds is 10. The van der Waals surface area contributed by atoms with Crippen molar-refractivity contribution in [1.82, 2.24) is 0 Å². The lowest BCUT2D eigenvalue weighted by Gasteiger charge is -2.25. The Labute approximate surface area is 287 Å². The summed E-state index contributed by atoms with van der Waals surface area (Å²) in [6.45, 7) is 2.31. The van der Waals surface area contributed by atoms with Gasteiger partial charge in [0.2, 0.25) is 0 Å². The normalized spacial score (nSPS) is 12.5. The summed E-state index contributed by atoms with van der Waals surface area (Å²) < 4.78 is 1.97. The van der Waals surface area contributed by atoms with E-state index in [1.165, 1.54) is 76.5 Å². The lowest BCUT2D eigenvalue weighted by Crippen LogP contribution is -2.35. The fraction of sp³-hybridized carbons (Fsp3) is 0.261. The van der Waals surface area contributed by atoms with Gasteiger partial charge in [0.15, 0.2) is 0 Å². The van der Waals surface area contributed by atoms with E-state index in [-0.39, 0.29) is 0 Å². The third-order valence-electron chi connectivity index (χ3n) is 9.91. The van der Waals surface area contributed by atoms with Crippen LogP contribution < -0.4 is 0 Å². The summed E-state index contributed by atoms with van der Waals surface area (Å²) in [5.41, 5.74) is 8.30. The van der Waals surface area contributed by atoms with Gasteiger partial charge in [0.1, 0.15) is 0 Å². The molecule has 0 bridgehead atoms. The molecular formula is C46H50N2+2. The van der Waals surface area contributed by atoms with E-state index in [0.717, 1.165) is 47.7 Å². The molecule has 0 spiro atoms. The summed E-state index contributed by atoms with van der Waals surface area (Å²) in [5, 5.41) is 10.4. The maximum atomic E-state index is 2.57. The molecule has 7 aromatic rings. The molecule has 242 valence electrons. The van der Waals surface area contributed by atoms with Gasteiger partial charge in [-0.05, 0) is 132 Å². The van der Waals surface area contributed by atoms with Crippen molar-refractivity contribution < 1.29 is 8.97 Å². The van der Waals surface area contributed by atoms with E-state index in [9.17, 15) is 0 Å². The average Bonchev–Trinajstić information content (AvgIpc) is 3.05. The van der Waals surface area contributed by atoms with Crippen LogP contribution in [0, 0.1) is 0 Å². The number of hydrogen-bond acceptors (Lipinski definition) is 0. The third kappa shape index (κ3) is 7.16. The largest absolute Gasteiger partial charge is 0.331 e. The molecule has 0 radical (unpaired) electrons. The van der Waals surface area contributed by atoms with Gasteiger partial charge in [-0.3, -0.25) is 0 Å². The first-order valence-corrected chi connectivity index (χ1v) is 17.6. The van der Waals surface area contributed by atoms with E-state index < -0.39 is 0 Å². The number of nitrogens with zero attached hydrogens (tertiary/aromatic N) is 2. The van der Waals surface area contributed by atoms with Crippen LogP contribution in [0.2, 0.25) is 0 Å². The van der Waals surface area contributed by atoms with Crippen molar-refractivity contribution in [3.05, 3.63) is 132 Å². The predicted octanol–water partition coefficient (Wildman–Crippen LogP) is 10.9. The maximum Gasteiger partial charge on any atom is 0.0783 e. The smallest absolute Gasteiger partial charge is 0.0783 e. The second-order valence-corrected chi connectivity index (χ2v) is 15.9. The molecule has 0 amide bonds. The minimum Gasteiger partial charge on any atom is -0.331 e. The van der Waals surface area contributed by atoms with Crippen molar-refractivity contribution in [2.45, 2.75) is 25.7 Å². The molecule has 7 aromatic carbocycles. The lowest BCUT2D eigenvalue weighted by molar-refractivity contribution is -0.870. The van der Waals surface area contributed by atoms with E-state index in [0.29, 0.717) is 0 Å². The number of quaternary nitrogens is 2. The Bertz CT molecular complexity index is 2100. The SMILES string of the molecule is C[N+](C)(C)CCCc1cc(CCC[N+](C)(C)C)c(-c2ccc3cc4ccccc4cc3c2)cc1-c1ccc2cc3ccccc3cc2c1. The van der Waals surface area contributed by atoms with Crippen molar-refractivity contribution in [3.63, 3.8) is 0 Å². The minimum absolute atomic E-state index is 0.985. The number of benzene rings is 7. The molecule has 0 aliphatic rings. The summed E-state index contributed by atoms with van der Waals surface area (Å²) in [6, 6.07) is 46.1. The van der Waals surface area contributed by atoms with Crippen LogP contribution in [-0.2, 0) is 12.8 Å². The Kier molecular flexibility index (Phi) is 8.58. The summed E-state index contributed by atoms with van der Waals surface area (Å²) in [7, 11) is 13.8. The second kappa shape index (κ2) is 12.8. The van der Waals surface area contributed by atoms with Crippen LogP contribution in [0.4, 0.5) is 0 Å². The van der Waals surface area contributed by atoms with Gasteiger partial charge in [0, 0.05) is 12.8 Å². The lowest BCUT2D eigenvalue weighted by atomic mass is 9.86. The first-order chi connectivity index (χ1) is 23.0. The van der Waals surface area contributed by atoms with Crippen LogP contribution in [0.5, 0.6) is 0 Å². The molecule has 0 N–H and O–H groups in total. The Hall–Kier alpha value is -4.50. The highest BCUT2D eigenvalue weighted by molar-refractivity contribution is 6.01. The molecule has 7 rings (SSSR count). The second-order valence-electron chi connectivity index (χ2n) is 15.9. The summed E-state index contributed by atoms with van der Waals surface area (Å²) >= 11 is 0. The van der Waals surface area contributed by atoms with Crippen LogP contribution >= 0.6 is 0 Å². The van der Waals surface area contributed by atoms with Gasteiger partial charge in [-0.15, -0.1) is 0 Å². The summed E-state index contributed by atoms with van der Waals surface area (Å²) in [6.07, 6.45) is 4.48. The number of hydrogen-bond donors (Lipinski definition) is 0. The van der Waals surface area contributed by atoms with Crippen molar-refractivity contribution in [2.24, 2.45) is 0 Å². The van der Waals surface area contributed by atoms with Gasteiger partial charge in [-0.2, -0.15) is 0 Å². The zero-order valence-corrected chi connectivity index (χ0v) is 29.7. The van der Waals surface area contributed by atoms with Crippen LogP contribution in [-0.4, -0.2) is 64.3 Å². The minimum atomic E-state index is 0.985. The Morgan fingerprint density at radius 3 is 1.08 bits per heavy atom. The Balaban J connectivity index is 1.39. The van der Waals surface area contributed by atoms with Crippen molar-refractivity contribution >= 4 is 43.1 Å². The molecule has 0 atom stereocenters. The highest BCUT2D eigenvalue weighted by atomic mass is 15.3.